The minimum absolute atomic E-state index is 0.108. The summed E-state index contributed by atoms with van der Waals surface area (Å²) in [5, 5.41) is 15.0. The predicted octanol–water partition coefficient (Wildman–Crippen LogP) is 4.02. The Hall–Kier alpha value is -2.75. The van der Waals surface area contributed by atoms with Crippen molar-refractivity contribution in [2.24, 2.45) is 0 Å². The first-order valence-corrected chi connectivity index (χ1v) is 9.04. The smallest absolute Gasteiger partial charge is 0.368 e. The minimum atomic E-state index is -4.62. The molecule has 0 bridgehead atoms. The molecule has 0 unspecified atom stereocenters. The lowest BCUT2D eigenvalue weighted by atomic mass is 10.2. The second-order valence-electron chi connectivity index (χ2n) is 6.11. The fourth-order valence-electron chi connectivity index (χ4n) is 2.79. The average Bonchev–Trinajstić information content (AvgIpc) is 3.22. The van der Waals surface area contributed by atoms with Crippen molar-refractivity contribution in [3.05, 3.63) is 46.2 Å². The topological polar surface area (TPSA) is 68.0 Å². The molecule has 0 atom stereocenters. The highest BCUT2D eigenvalue weighted by Crippen LogP contribution is 2.29. The van der Waals surface area contributed by atoms with Gasteiger partial charge in [-0.25, -0.2) is 4.98 Å². The summed E-state index contributed by atoms with van der Waals surface area (Å²) in [6.45, 7) is 4.01. The van der Waals surface area contributed by atoms with Gasteiger partial charge in [-0.05, 0) is 31.5 Å². The van der Waals surface area contributed by atoms with Gasteiger partial charge in [0.25, 0.3) is 5.82 Å². The molecule has 1 aromatic carbocycles. The molecule has 4 aromatic rings. The maximum absolute atomic E-state index is 13.1. The monoisotopic (exact) mass is 392 g/mol. The second kappa shape index (κ2) is 6.45. The number of nitrogens with zero attached hydrogens (tertiary/aromatic N) is 5. The minimum Gasteiger partial charge on any atom is -0.368 e. The van der Waals surface area contributed by atoms with Crippen LogP contribution in [0.4, 0.5) is 19.0 Å². The molecule has 4 rings (SSSR count). The molecule has 27 heavy (non-hydrogen) atoms. The van der Waals surface area contributed by atoms with Crippen LogP contribution in [0.25, 0.3) is 15.9 Å². The number of nitrogens with one attached hydrogen (secondary N) is 1. The van der Waals surface area contributed by atoms with E-state index in [9.17, 15) is 13.2 Å². The van der Waals surface area contributed by atoms with Gasteiger partial charge in [0, 0.05) is 18.5 Å². The molecule has 10 heteroatoms. The van der Waals surface area contributed by atoms with Gasteiger partial charge in [-0.3, -0.25) is 0 Å². The number of fused-ring (bicyclic) bond motifs is 2. The van der Waals surface area contributed by atoms with Gasteiger partial charge in [-0.1, -0.05) is 12.1 Å². The highest BCUT2D eigenvalue weighted by molar-refractivity contribution is 7.18. The molecule has 0 saturated heterocycles. The normalized spacial score (nSPS) is 12.2. The van der Waals surface area contributed by atoms with E-state index in [4.69, 9.17) is 0 Å². The quantitative estimate of drug-likeness (QED) is 0.568. The molecular formula is C17H15F3N6S. The van der Waals surface area contributed by atoms with Crippen molar-refractivity contribution in [3.8, 4) is 0 Å². The van der Waals surface area contributed by atoms with Crippen LogP contribution in [0.1, 0.15) is 22.0 Å². The molecule has 0 radical (unpaired) electrons. The van der Waals surface area contributed by atoms with Crippen LogP contribution < -0.4 is 5.32 Å². The first-order valence-electron chi connectivity index (χ1n) is 8.22. The first-order chi connectivity index (χ1) is 12.8. The van der Waals surface area contributed by atoms with E-state index < -0.39 is 12.0 Å². The lowest BCUT2D eigenvalue weighted by Gasteiger charge is -2.12. The number of para-hydroxylation sites is 1. The van der Waals surface area contributed by atoms with Gasteiger partial charge >= 0.3 is 6.18 Å². The fraction of sp³-hybridized carbons (Fsp3) is 0.294. The summed E-state index contributed by atoms with van der Waals surface area (Å²) in [6, 6.07) is 7.87. The SMILES string of the molecule is Cc1c(NCCc2nc3ccccc3s2)nn2c(C(F)(F)F)nnc2c1C. The van der Waals surface area contributed by atoms with Gasteiger partial charge in [0.1, 0.15) is 5.82 Å². The van der Waals surface area contributed by atoms with Crippen molar-refractivity contribution >= 4 is 33.0 Å². The average molecular weight is 392 g/mol. The van der Waals surface area contributed by atoms with Crippen LogP contribution in [0.5, 0.6) is 0 Å². The van der Waals surface area contributed by atoms with Gasteiger partial charge in [-0.15, -0.1) is 26.6 Å². The van der Waals surface area contributed by atoms with Crippen LogP contribution in [-0.2, 0) is 12.6 Å². The van der Waals surface area contributed by atoms with Crippen LogP contribution in [-0.4, -0.2) is 31.3 Å². The summed E-state index contributed by atoms with van der Waals surface area (Å²) in [5.41, 5.74) is 2.41. The molecule has 6 nitrogen and oxygen atoms in total. The van der Waals surface area contributed by atoms with Crippen LogP contribution in [0.2, 0.25) is 0 Å². The van der Waals surface area contributed by atoms with E-state index >= 15 is 0 Å². The predicted molar refractivity (Wildman–Crippen MR) is 97.1 cm³/mol. The standard InChI is InChI=1S/C17H15F3N6S/c1-9-10(2)15-23-24-16(17(18,19)20)26(15)25-14(9)21-8-7-13-22-11-5-3-4-6-12(11)27-13/h3-6H,7-8H2,1-2H3,(H,21,25). The van der Waals surface area contributed by atoms with E-state index in [2.05, 4.69) is 25.6 Å². The summed E-state index contributed by atoms with van der Waals surface area (Å²) in [5.74, 6) is -0.749. The lowest BCUT2D eigenvalue weighted by Crippen LogP contribution is -2.16. The number of aromatic nitrogens is 5. The molecule has 0 spiro atoms. The number of aryl methyl sites for hydroxylation is 1. The Morgan fingerprint density at radius 2 is 1.89 bits per heavy atom. The van der Waals surface area contributed by atoms with Crippen LogP contribution >= 0.6 is 11.3 Å². The number of hydrogen-bond acceptors (Lipinski definition) is 6. The van der Waals surface area contributed by atoms with E-state index in [1.54, 1.807) is 25.2 Å². The summed E-state index contributed by atoms with van der Waals surface area (Å²) in [4.78, 5) is 4.56. The van der Waals surface area contributed by atoms with Crippen LogP contribution in [0, 0.1) is 13.8 Å². The number of thiazole rings is 1. The largest absolute Gasteiger partial charge is 0.453 e. The van der Waals surface area contributed by atoms with E-state index in [0.29, 0.717) is 24.3 Å². The van der Waals surface area contributed by atoms with Gasteiger partial charge in [0.2, 0.25) is 0 Å². The lowest BCUT2D eigenvalue weighted by molar-refractivity contribution is -0.146. The number of halogens is 3. The fourth-order valence-corrected chi connectivity index (χ4v) is 3.75. The molecule has 1 N–H and O–H groups in total. The molecule has 140 valence electrons. The van der Waals surface area contributed by atoms with Crippen molar-refractivity contribution in [1.82, 2.24) is 24.8 Å². The maximum atomic E-state index is 13.1. The molecule has 0 aliphatic heterocycles. The summed E-state index contributed by atoms with van der Waals surface area (Å²) in [6.07, 6.45) is -3.97. The maximum Gasteiger partial charge on any atom is 0.453 e. The van der Waals surface area contributed by atoms with Crippen molar-refractivity contribution in [3.63, 3.8) is 0 Å². The van der Waals surface area contributed by atoms with Crippen molar-refractivity contribution in [1.29, 1.82) is 0 Å². The molecular weight excluding hydrogens is 377 g/mol. The third-order valence-corrected chi connectivity index (χ3v) is 5.41. The molecule has 0 saturated carbocycles. The molecule has 0 aliphatic rings. The third-order valence-electron chi connectivity index (χ3n) is 4.32. The Morgan fingerprint density at radius 3 is 2.63 bits per heavy atom. The number of hydrogen-bond donors (Lipinski definition) is 1. The van der Waals surface area contributed by atoms with Crippen molar-refractivity contribution in [2.75, 3.05) is 11.9 Å². The number of anilines is 1. The molecule has 0 fully saturated rings. The zero-order chi connectivity index (χ0) is 19.2. The van der Waals surface area contributed by atoms with Gasteiger partial charge in [-0.2, -0.15) is 17.7 Å². The first kappa shape index (κ1) is 17.7. The second-order valence-corrected chi connectivity index (χ2v) is 7.22. The van der Waals surface area contributed by atoms with Gasteiger partial charge in [0.15, 0.2) is 5.65 Å². The molecule has 3 heterocycles. The van der Waals surface area contributed by atoms with E-state index in [0.717, 1.165) is 25.3 Å². The molecule has 0 amide bonds. The Labute approximate surface area is 156 Å². The number of benzene rings is 1. The van der Waals surface area contributed by atoms with Crippen LogP contribution in [0.3, 0.4) is 0 Å². The highest BCUT2D eigenvalue weighted by atomic mass is 32.1. The Kier molecular flexibility index (Phi) is 4.22. The van der Waals surface area contributed by atoms with Crippen LogP contribution in [0.15, 0.2) is 24.3 Å². The Balaban J connectivity index is 1.58. The number of alkyl halides is 3. The van der Waals surface area contributed by atoms with E-state index in [-0.39, 0.29) is 5.65 Å². The zero-order valence-electron chi connectivity index (χ0n) is 14.5. The highest BCUT2D eigenvalue weighted by Gasteiger charge is 2.38. The van der Waals surface area contributed by atoms with Gasteiger partial charge in [0.05, 0.1) is 15.2 Å². The summed E-state index contributed by atoms with van der Waals surface area (Å²) >= 11 is 1.60. The zero-order valence-corrected chi connectivity index (χ0v) is 15.3. The third kappa shape index (κ3) is 3.20. The van der Waals surface area contributed by atoms with E-state index in [1.807, 2.05) is 24.3 Å². The summed E-state index contributed by atoms with van der Waals surface area (Å²) in [7, 11) is 0. The Bertz CT molecular complexity index is 1100. The van der Waals surface area contributed by atoms with E-state index in [1.165, 1.54) is 0 Å². The molecule has 3 aromatic heterocycles. The summed E-state index contributed by atoms with van der Waals surface area (Å²) < 4.78 is 41.2. The Morgan fingerprint density at radius 1 is 1.11 bits per heavy atom. The van der Waals surface area contributed by atoms with Crippen molar-refractivity contribution < 1.29 is 13.2 Å². The van der Waals surface area contributed by atoms with Crippen molar-refractivity contribution in [2.45, 2.75) is 26.4 Å². The van der Waals surface area contributed by atoms with Gasteiger partial charge < -0.3 is 5.32 Å². The number of rotatable bonds is 4. The molecule has 0 aliphatic carbocycles.